The van der Waals surface area contributed by atoms with Crippen LogP contribution in [0.3, 0.4) is 0 Å². The van der Waals surface area contributed by atoms with Gasteiger partial charge in [-0.25, -0.2) is 9.67 Å². The topological polar surface area (TPSA) is 57.0 Å². The van der Waals surface area contributed by atoms with E-state index in [9.17, 15) is 4.79 Å². The molecule has 0 N–H and O–H groups in total. The minimum Gasteiger partial charge on any atom is -0.496 e. The Morgan fingerprint density at radius 3 is 2.78 bits per heavy atom. The molecule has 1 heterocycles. The normalized spacial score (nSPS) is 10.7. The van der Waals surface area contributed by atoms with Crippen molar-refractivity contribution in [3.05, 3.63) is 30.1 Å². The van der Waals surface area contributed by atoms with Crippen molar-refractivity contribution in [2.45, 2.75) is 19.9 Å². The molecule has 0 radical (unpaired) electrons. The maximum atomic E-state index is 11.0. The minimum atomic E-state index is 0.212. The summed E-state index contributed by atoms with van der Waals surface area (Å²) < 4.78 is 6.93. The first-order chi connectivity index (χ1) is 8.67. The van der Waals surface area contributed by atoms with Gasteiger partial charge < -0.3 is 4.74 Å². The number of hydrogen-bond donors (Lipinski definition) is 0. The molecular formula is C13H15N3O2. The Morgan fingerprint density at radius 1 is 1.39 bits per heavy atom. The molecule has 18 heavy (non-hydrogen) atoms. The van der Waals surface area contributed by atoms with E-state index in [2.05, 4.69) is 10.1 Å². The first kappa shape index (κ1) is 12.3. The number of aldehydes is 1. The third-order valence-electron chi connectivity index (χ3n) is 2.68. The van der Waals surface area contributed by atoms with Crippen molar-refractivity contribution < 1.29 is 9.53 Å². The number of hydrogen-bond acceptors (Lipinski definition) is 4. The highest BCUT2D eigenvalue weighted by Crippen LogP contribution is 2.25. The van der Waals surface area contributed by atoms with Gasteiger partial charge in [-0.1, -0.05) is 0 Å². The Hall–Kier alpha value is -2.17. The quantitative estimate of drug-likeness (QED) is 0.776. The second-order valence-electron chi connectivity index (χ2n) is 4.20. The summed E-state index contributed by atoms with van der Waals surface area (Å²) in [6.07, 6.45) is 2.29. The summed E-state index contributed by atoms with van der Waals surface area (Å²) in [5.41, 5.74) is 1.36. The number of carbonyl (C=O) groups excluding carboxylic acids is 1. The third-order valence-corrected chi connectivity index (χ3v) is 2.68. The number of methoxy groups -OCH3 is 1. The number of benzene rings is 1. The zero-order valence-corrected chi connectivity index (χ0v) is 10.6. The average Bonchev–Trinajstić information content (AvgIpc) is 2.87. The molecule has 0 atom stereocenters. The van der Waals surface area contributed by atoms with Crippen LogP contribution < -0.4 is 4.74 Å². The molecular weight excluding hydrogens is 230 g/mol. The highest BCUT2D eigenvalue weighted by molar-refractivity contribution is 5.82. The highest BCUT2D eigenvalue weighted by atomic mass is 16.5. The number of aromatic nitrogens is 3. The van der Waals surface area contributed by atoms with Crippen LogP contribution >= 0.6 is 0 Å². The first-order valence-corrected chi connectivity index (χ1v) is 5.70. The first-order valence-electron chi connectivity index (χ1n) is 5.70. The molecule has 5 nitrogen and oxygen atoms in total. The van der Waals surface area contributed by atoms with Crippen LogP contribution in [0.5, 0.6) is 5.75 Å². The number of ether oxygens (including phenoxy) is 1. The third kappa shape index (κ3) is 2.11. The van der Waals surface area contributed by atoms with E-state index in [1.165, 1.54) is 6.33 Å². The van der Waals surface area contributed by atoms with Crippen LogP contribution in [0.25, 0.3) is 11.4 Å². The van der Waals surface area contributed by atoms with Crippen molar-refractivity contribution in [2.75, 3.05) is 7.11 Å². The Balaban J connectivity index is 2.51. The Labute approximate surface area is 105 Å². The fraction of sp³-hybridized carbons (Fsp3) is 0.308. The van der Waals surface area contributed by atoms with Crippen LogP contribution in [-0.2, 0) is 0 Å². The van der Waals surface area contributed by atoms with Gasteiger partial charge in [-0.15, -0.1) is 0 Å². The summed E-state index contributed by atoms with van der Waals surface area (Å²) in [5, 5.41) is 4.18. The molecule has 0 saturated heterocycles. The molecule has 5 heteroatoms. The van der Waals surface area contributed by atoms with Gasteiger partial charge in [0.05, 0.1) is 12.7 Å². The van der Waals surface area contributed by atoms with Gasteiger partial charge in [-0.2, -0.15) is 5.10 Å². The molecule has 0 unspecified atom stereocenters. The molecule has 94 valence electrons. The summed E-state index contributed by atoms with van der Waals surface area (Å²) in [4.78, 5) is 15.2. The summed E-state index contributed by atoms with van der Waals surface area (Å²) in [5.74, 6) is 1.31. The fourth-order valence-electron chi connectivity index (χ4n) is 1.80. The van der Waals surface area contributed by atoms with Crippen molar-refractivity contribution in [3.63, 3.8) is 0 Å². The van der Waals surface area contributed by atoms with E-state index in [4.69, 9.17) is 4.74 Å². The molecule has 1 aromatic heterocycles. The monoisotopic (exact) mass is 245 g/mol. The summed E-state index contributed by atoms with van der Waals surface area (Å²) in [6, 6.07) is 5.60. The van der Waals surface area contributed by atoms with E-state index in [1.54, 1.807) is 19.2 Å². The molecule has 2 aromatic rings. The van der Waals surface area contributed by atoms with Gasteiger partial charge in [0.1, 0.15) is 12.1 Å². The molecule has 0 saturated carbocycles. The zero-order valence-electron chi connectivity index (χ0n) is 10.6. The van der Waals surface area contributed by atoms with Crippen LogP contribution in [0.15, 0.2) is 24.5 Å². The lowest BCUT2D eigenvalue weighted by Crippen LogP contribution is -2.05. The van der Waals surface area contributed by atoms with E-state index >= 15 is 0 Å². The predicted octanol–water partition coefficient (Wildman–Crippen LogP) is 2.35. The smallest absolute Gasteiger partial charge is 0.158 e. The van der Waals surface area contributed by atoms with Crippen molar-refractivity contribution in [1.29, 1.82) is 0 Å². The SMILES string of the molecule is COc1ccc(-c2ncnn2C(C)C)cc1C=O. The van der Waals surface area contributed by atoms with Gasteiger partial charge in [0, 0.05) is 11.6 Å². The van der Waals surface area contributed by atoms with Crippen LogP contribution in [0.4, 0.5) is 0 Å². The van der Waals surface area contributed by atoms with E-state index in [-0.39, 0.29) is 6.04 Å². The molecule has 0 aliphatic carbocycles. The Kier molecular flexibility index (Phi) is 3.41. The van der Waals surface area contributed by atoms with Crippen LogP contribution in [-0.4, -0.2) is 28.2 Å². The maximum Gasteiger partial charge on any atom is 0.158 e. The second kappa shape index (κ2) is 5.00. The molecule has 0 fully saturated rings. The van der Waals surface area contributed by atoms with Crippen LogP contribution in [0, 0.1) is 0 Å². The summed E-state index contributed by atoms with van der Waals surface area (Å²) >= 11 is 0. The average molecular weight is 245 g/mol. The minimum absolute atomic E-state index is 0.212. The van der Waals surface area contributed by atoms with Crippen molar-refractivity contribution in [2.24, 2.45) is 0 Å². The largest absolute Gasteiger partial charge is 0.496 e. The lowest BCUT2D eigenvalue weighted by Gasteiger charge is -2.10. The standard InChI is InChI=1S/C13H15N3O2/c1-9(2)16-13(14-8-15-16)10-4-5-12(18-3)11(6-10)7-17/h4-9H,1-3H3. The van der Waals surface area contributed by atoms with Gasteiger partial charge in [-0.3, -0.25) is 4.79 Å². The lowest BCUT2D eigenvalue weighted by molar-refractivity contribution is 0.112. The Bertz CT molecular complexity index is 561. The molecule has 0 aliphatic rings. The number of nitrogens with zero attached hydrogens (tertiary/aromatic N) is 3. The van der Waals surface area contributed by atoms with Crippen molar-refractivity contribution in [1.82, 2.24) is 14.8 Å². The zero-order chi connectivity index (χ0) is 13.1. The van der Waals surface area contributed by atoms with E-state index in [0.29, 0.717) is 11.3 Å². The van der Waals surface area contributed by atoms with Crippen LogP contribution in [0.1, 0.15) is 30.2 Å². The summed E-state index contributed by atoms with van der Waals surface area (Å²) in [7, 11) is 1.54. The van der Waals surface area contributed by atoms with Crippen molar-refractivity contribution >= 4 is 6.29 Å². The molecule has 0 bridgehead atoms. The molecule has 0 amide bonds. The summed E-state index contributed by atoms with van der Waals surface area (Å²) in [6.45, 7) is 4.06. The van der Waals surface area contributed by atoms with Gasteiger partial charge >= 0.3 is 0 Å². The lowest BCUT2D eigenvalue weighted by atomic mass is 10.1. The number of rotatable bonds is 4. The molecule has 1 aromatic carbocycles. The second-order valence-corrected chi connectivity index (χ2v) is 4.20. The van der Waals surface area contributed by atoms with Crippen LogP contribution in [0.2, 0.25) is 0 Å². The molecule has 2 rings (SSSR count). The van der Waals surface area contributed by atoms with Gasteiger partial charge in [0.15, 0.2) is 12.1 Å². The van der Waals surface area contributed by atoms with Gasteiger partial charge in [0.2, 0.25) is 0 Å². The molecule has 0 aliphatic heterocycles. The number of carbonyl (C=O) groups is 1. The predicted molar refractivity (Wildman–Crippen MR) is 67.8 cm³/mol. The fourth-order valence-corrected chi connectivity index (χ4v) is 1.80. The van der Waals surface area contributed by atoms with Crippen molar-refractivity contribution in [3.8, 4) is 17.1 Å². The van der Waals surface area contributed by atoms with E-state index in [0.717, 1.165) is 17.7 Å². The van der Waals surface area contributed by atoms with E-state index in [1.807, 2.05) is 24.6 Å². The van der Waals surface area contributed by atoms with E-state index < -0.39 is 0 Å². The maximum absolute atomic E-state index is 11.0. The molecule has 0 spiro atoms. The Morgan fingerprint density at radius 2 is 2.17 bits per heavy atom. The van der Waals surface area contributed by atoms with Gasteiger partial charge in [-0.05, 0) is 32.0 Å². The van der Waals surface area contributed by atoms with Gasteiger partial charge in [0.25, 0.3) is 0 Å². The highest BCUT2D eigenvalue weighted by Gasteiger charge is 2.12.